The fourth-order valence-electron chi connectivity index (χ4n) is 2.90. The molecule has 3 nitrogen and oxygen atoms in total. The molecule has 0 fully saturated rings. The number of benzene rings is 1. The molecule has 1 aliphatic heterocycles. The van der Waals surface area contributed by atoms with Crippen molar-refractivity contribution in [2.24, 2.45) is 0 Å². The maximum atomic E-state index is 11.4. The highest BCUT2D eigenvalue weighted by molar-refractivity contribution is 5.99. The van der Waals surface area contributed by atoms with Crippen molar-refractivity contribution in [2.45, 2.75) is 57.9 Å². The lowest BCUT2D eigenvalue weighted by Crippen LogP contribution is -2.16. The summed E-state index contributed by atoms with van der Waals surface area (Å²) in [7, 11) is 2.02. The molecule has 1 aromatic rings. The summed E-state index contributed by atoms with van der Waals surface area (Å²) in [6, 6.07) is 6.76. The first-order valence-corrected chi connectivity index (χ1v) is 7.84. The molecule has 2 N–H and O–H groups in total. The van der Waals surface area contributed by atoms with Crippen molar-refractivity contribution in [1.29, 1.82) is 0 Å². The molecule has 20 heavy (non-hydrogen) atoms. The van der Waals surface area contributed by atoms with Crippen LogP contribution in [0.1, 0.15) is 62.6 Å². The lowest BCUT2D eigenvalue weighted by Gasteiger charge is -2.17. The summed E-state index contributed by atoms with van der Waals surface area (Å²) in [6.07, 6.45) is 8.25. The fraction of sp³-hybridized carbons (Fsp3) is 0.588. The number of hydrogen-bond acceptors (Lipinski definition) is 2. The summed E-state index contributed by atoms with van der Waals surface area (Å²) in [5.74, 6) is 0.109. The SMILES string of the molecule is CCCCCCCC(NC)c1ccc2c(c1)CC(=O)N2. The Kier molecular flexibility index (Phi) is 5.60. The molecule has 1 aliphatic rings. The van der Waals surface area contributed by atoms with Gasteiger partial charge in [-0.1, -0.05) is 51.2 Å². The molecule has 0 radical (unpaired) electrons. The van der Waals surface area contributed by atoms with Crippen molar-refractivity contribution in [2.75, 3.05) is 12.4 Å². The van der Waals surface area contributed by atoms with Gasteiger partial charge in [-0.25, -0.2) is 0 Å². The molecule has 1 heterocycles. The molecule has 1 atom stereocenters. The summed E-state index contributed by atoms with van der Waals surface area (Å²) in [5, 5.41) is 6.29. The normalized spacial score (nSPS) is 15.0. The molecule has 3 heteroatoms. The number of rotatable bonds is 8. The van der Waals surface area contributed by atoms with Crippen molar-refractivity contribution >= 4 is 11.6 Å². The van der Waals surface area contributed by atoms with Crippen molar-refractivity contribution in [3.63, 3.8) is 0 Å². The number of unbranched alkanes of at least 4 members (excludes halogenated alkanes) is 4. The van der Waals surface area contributed by atoms with E-state index in [0.717, 1.165) is 11.3 Å². The number of amides is 1. The predicted molar refractivity (Wildman–Crippen MR) is 84.0 cm³/mol. The van der Waals surface area contributed by atoms with Gasteiger partial charge in [-0.05, 0) is 30.7 Å². The first-order chi connectivity index (χ1) is 9.74. The molecule has 0 saturated heterocycles. The van der Waals surface area contributed by atoms with E-state index in [4.69, 9.17) is 0 Å². The minimum atomic E-state index is 0.109. The molecule has 0 spiro atoms. The van der Waals surface area contributed by atoms with E-state index in [0.29, 0.717) is 12.5 Å². The van der Waals surface area contributed by atoms with Gasteiger partial charge < -0.3 is 10.6 Å². The molecular formula is C17H26N2O. The second-order valence-electron chi connectivity index (χ2n) is 5.69. The van der Waals surface area contributed by atoms with Gasteiger partial charge in [0, 0.05) is 11.7 Å². The van der Waals surface area contributed by atoms with E-state index in [2.05, 4.69) is 29.7 Å². The zero-order valence-electron chi connectivity index (χ0n) is 12.7. The molecule has 2 rings (SSSR count). The van der Waals surface area contributed by atoms with Gasteiger partial charge in [0.2, 0.25) is 5.91 Å². The Bertz CT molecular complexity index is 456. The summed E-state index contributed by atoms with van der Waals surface area (Å²) in [6.45, 7) is 2.25. The van der Waals surface area contributed by atoms with E-state index >= 15 is 0 Å². The maximum absolute atomic E-state index is 11.4. The molecule has 1 amide bonds. The number of nitrogens with one attached hydrogen (secondary N) is 2. The van der Waals surface area contributed by atoms with Crippen LogP contribution in [0.4, 0.5) is 5.69 Å². The van der Waals surface area contributed by atoms with Crippen LogP contribution < -0.4 is 10.6 Å². The van der Waals surface area contributed by atoms with Crippen molar-refractivity contribution < 1.29 is 4.79 Å². The number of anilines is 1. The molecule has 1 aromatic carbocycles. The van der Waals surface area contributed by atoms with E-state index in [1.54, 1.807) is 0 Å². The highest BCUT2D eigenvalue weighted by Crippen LogP contribution is 2.28. The Balaban J connectivity index is 1.91. The number of fused-ring (bicyclic) bond motifs is 1. The molecule has 1 unspecified atom stereocenters. The van der Waals surface area contributed by atoms with Crippen molar-refractivity contribution in [3.05, 3.63) is 29.3 Å². The van der Waals surface area contributed by atoms with Crippen LogP contribution in [-0.2, 0) is 11.2 Å². The van der Waals surface area contributed by atoms with Crippen LogP contribution in [0.3, 0.4) is 0 Å². The third kappa shape index (κ3) is 3.83. The average Bonchev–Trinajstić information content (AvgIpc) is 2.82. The molecule has 0 bridgehead atoms. The lowest BCUT2D eigenvalue weighted by atomic mass is 9.97. The van der Waals surface area contributed by atoms with Crippen molar-refractivity contribution in [1.82, 2.24) is 5.32 Å². The zero-order chi connectivity index (χ0) is 14.4. The highest BCUT2D eigenvalue weighted by atomic mass is 16.1. The standard InChI is InChI=1S/C17H26N2O/c1-3-4-5-6-7-8-15(18-2)13-9-10-16-14(11-13)12-17(20)19-16/h9-11,15,18H,3-8,12H2,1-2H3,(H,19,20). The van der Waals surface area contributed by atoms with Crippen LogP contribution in [-0.4, -0.2) is 13.0 Å². The number of carbonyl (C=O) groups is 1. The van der Waals surface area contributed by atoms with E-state index in [1.165, 1.54) is 44.1 Å². The van der Waals surface area contributed by atoms with Crippen LogP contribution in [0.2, 0.25) is 0 Å². The molecular weight excluding hydrogens is 248 g/mol. The van der Waals surface area contributed by atoms with Crippen molar-refractivity contribution in [3.8, 4) is 0 Å². The summed E-state index contributed by atoms with van der Waals surface area (Å²) in [5.41, 5.74) is 3.42. The topological polar surface area (TPSA) is 41.1 Å². The summed E-state index contributed by atoms with van der Waals surface area (Å²) in [4.78, 5) is 11.4. The summed E-state index contributed by atoms with van der Waals surface area (Å²) < 4.78 is 0. The Labute approximate surface area is 122 Å². The zero-order valence-corrected chi connectivity index (χ0v) is 12.7. The van der Waals surface area contributed by atoms with Crippen LogP contribution in [0, 0.1) is 0 Å². The van der Waals surface area contributed by atoms with Gasteiger partial charge in [-0.3, -0.25) is 4.79 Å². The fourth-order valence-corrected chi connectivity index (χ4v) is 2.90. The van der Waals surface area contributed by atoms with Gasteiger partial charge in [0.05, 0.1) is 6.42 Å². The highest BCUT2D eigenvalue weighted by Gasteiger charge is 2.19. The minimum Gasteiger partial charge on any atom is -0.326 e. The second-order valence-corrected chi connectivity index (χ2v) is 5.69. The second kappa shape index (κ2) is 7.44. The predicted octanol–water partition coefficient (Wildman–Crippen LogP) is 3.80. The third-order valence-electron chi connectivity index (χ3n) is 4.10. The minimum absolute atomic E-state index is 0.109. The Hall–Kier alpha value is -1.35. The van der Waals surface area contributed by atoms with Crippen LogP contribution in [0.25, 0.3) is 0 Å². The molecule has 0 aliphatic carbocycles. The lowest BCUT2D eigenvalue weighted by molar-refractivity contribution is -0.115. The van der Waals surface area contributed by atoms with Gasteiger partial charge in [0.1, 0.15) is 0 Å². The van der Waals surface area contributed by atoms with Crippen LogP contribution in [0.15, 0.2) is 18.2 Å². The Morgan fingerprint density at radius 1 is 1.25 bits per heavy atom. The van der Waals surface area contributed by atoms with E-state index in [9.17, 15) is 4.79 Å². The van der Waals surface area contributed by atoms with E-state index in [1.807, 2.05) is 13.1 Å². The number of hydrogen-bond donors (Lipinski definition) is 2. The molecule has 0 saturated carbocycles. The maximum Gasteiger partial charge on any atom is 0.228 e. The quantitative estimate of drug-likeness (QED) is 0.708. The van der Waals surface area contributed by atoms with Gasteiger partial charge in [-0.2, -0.15) is 0 Å². The smallest absolute Gasteiger partial charge is 0.228 e. The van der Waals surface area contributed by atoms with Gasteiger partial charge >= 0.3 is 0 Å². The van der Waals surface area contributed by atoms with E-state index < -0.39 is 0 Å². The van der Waals surface area contributed by atoms with Crippen LogP contribution >= 0.6 is 0 Å². The largest absolute Gasteiger partial charge is 0.326 e. The monoisotopic (exact) mass is 274 g/mol. The van der Waals surface area contributed by atoms with E-state index in [-0.39, 0.29) is 5.91 Å². The Morgan fingerprint density at radius 3 is 2.80 bits per heavy atom. The average molecular weight is 274 g/mol. The van der Waals surface area contributed by atoms with Gasteiger partial charge in [0.25, 0.3) is 0 Å². The summed E-state index contributed by atoms with van der Waals surface area (Å²) >= 11 is 0. The third-order valence-corrected chi connectivity index (χ3v) is 4.10. The Morgan fingerprint density at radius 2 is 2.05 bits per heavy atom. The van der Waals surface area contributed by atoms with Gasteiger partial charge in [0.15, 0.2) is 0 Å². The molecule has 0 aromatic heterocycles. The van der Waals surface area contributed by atoms with Crippen LogP contribution in [0.5, 0.6) is 0 Å². The molecule has 110 valence electrons. The van der Waals surface area contributed by atoms with Gasteiger partial charge in [-0.15, -0.1) is 0 Å². The first-order valence-electron chi connectivity index (χ1n) is 7.84. The number of carbonyl (C=O) groups excluding carboxylic acids is 1. The first kappa shape index (κ1) is 15.0.